The van der Waals surface area contributed by atoms with Gasteiger partial charge in [0.2, 0.25) is 10.0 Å². The summed E-state index contributed by atoms with van der Waals surface area (Å²) in [6, 6.07) is 7.58. The first-order chi connectivity index (χ1) is 10.4. The van der Waals surface area contributed by atoms with Crippen molar-refractivity contribution in [2.24, 2.45) is 5.92 Å². The van der Waals surface area contributed by atoms with Crippen LogP contribution in [0.2, 0.25) is 0 Å². The molecular formula is C16H27ClN2O2S2. The Balaban J connectivity index is 0.00000264. The van der Waals surface area contributed by atoms with Crippen molar-refractivity contribution in [1.82, 2.24) is 4.90 Å². The lowest BCUT2D eigenvalue weighted by atomic mass is 9.99. The molecular weight excluding hydrogens is 352 g/mol. The largest absolute Gasteiger partial charge is 0.303 e. The molecule has 1 aromatic carbocycles. The van der Waals surface area contributed by atoms with Gasteiger partial charge < -0.3 is 4.90 Å². The second kappa shape index (κ2) is 9.77. The lowest BCUT2D eigenvalue weighted by molar-refractivity contribution is 0.193. The van der Waals surface area contributed by atoms with Crippen LogP contribution in [0.15, 0.2) is 29.2 Å². The maximum absolute atomic E-state index is 11.1. The van der Waals surface area contributed by atoms with E-state index in [-0.39, 0.29) is 12.4 Å². The molecule has 0 saturated carbocycles. The van der Waals surface area contributed by atoms with E-state index >= 15 is 0 Å². The molecule has 0 spiro atoms. The fourth-order valence-corrected chi connectivity index (χ4v) is 4.00. The fraction of sp³-hybridized carbons (Fsp3) is 0.625. The SMILES string of the molecule is CC1CCN(CCCSc2ccc(NS(C)(=O)=O)cc2)CC1.Cl. The number of rotatable bonds is 7. The Morgan fingerprint density at radius 2 is 1.83 bits per heavy atom. The van der Waals surface area contributed by atoms with Gasteiger partial charge >= 0.3 is 0 Å². The number of hydrogen-bond acceptors (Lipinski definition) is 4. The molecule has 1 aliphatic heterocycles. The molecule has 1 aliphatic rings. The van der Waals surface area contributed by atoms with Crippen LogP contribution in [0.25, 0.3) is 0 Å². The van der Waals surface area contributed by atoms with E-state index in [9.17, 15) is 8.42 Å². The third-order valence-corrected chi connectivity index (χ3v) is 5.63. The van der Waals surface area contributed by atoms with Crippen molar-refractivity contribution in [2.45, 2.75) is 31.1 Å². The Kier molecular flexibility index (Phi) is 8.75. The number of halogens is 1. The van der Waals surface area contributed by atoms with Gasteiger partial charge in [-0.3, -0.25) is 4.72 Å². The number of nitrogens with zero attached hydrogens (tertiary/aromatic N) is 1. The number of sulfonamides is 1. The average Bonchev–Trinajstić information content (AvgIpc) is 2.45. The summed E-state index contributed by atoms with van der Waals surface area (Å²) in [5.74, 6) is 2.00. The Morgan fingerprint density at radius 3 is 2.39 bits per heavy atom. The molecule has 0 aromatic heterocycles. The molecule has 0 bridgehead atoms. The van der Waals surface area contributed by atoms with Gasteiger partial charge in [-0.2, -0.15) is 0 Å². The number of thioether (sulfide) groups is 1. The molecule has 2 rings (SSSR count). The average molecular weight is 379 g/mol. The summed E-state index contributed by atoms with van der Waals surface area (Å²) in [7, 11) is -3.19. The molecule has 1 aromatic rings. The van der Waals surface area contributed by atoms with Crippen molar-refractivity contribution in [3.05, 3.63) is 24.3 Å². The highest BCUT2D eigenvalue weighted by atomic mass is 35.5. The monoisotopic (exact) mass is 378 g/mol. The summed E-state index contributed by atoms with van der Waals surface area (Å²) in [6.07, 6.45) is 5.03. The Bertz CT molecular complexity index is 556. The van der Waals surface area contributed by atoms with E-state index in [0.717, 1.165) is 17.9 Å². The molecule has 1 saturated heterocycles. The summed E-state index contributed by atoms with van der Waals surface area (Å²) < 4.78 is 24.8. The number of benzene rings is 1. The van der Waals surface area contributed by atoms with Crippen LogP contribution in [0.3, 0.4) is 0 Å². The minimum atomic E-state index is -3.19. The van der Waals surface area contributed by atoms with Crippen LogP contribution >= 0.6 is 24.2 Å². The van der Waals surface area contributed by atoms with E-state index in [1.54, 1.807) is 0 Å². The van der Waals surface area contributed by atoms with Crippen molar-refractivity contribution < 1.29 is 8.42 Å². The van der Waals surface area contributed by atoms with Crippen LogP contribution in [0.1, 0.15) is 26.2 Å². The molecule has 0 unspecified atom stereocenters. The van der Waals surface area contributed by atoms with Crippen LogP contribution < -0.4 is 4.72 Å². The van der Waals surface area contributed by atoms with Crippen LogP contribution in [-0.2, 0) is 10.0 Å². The molecule has 0 aliphatic carbocycles. The normalized spacial score (nSPS) is 16.8. The Hall–Kier alpha value is -0.430. The van der Waals surface area contributed by atoms with E-state index in [1.165, 1.54) is 43.8 Å². The molecule has 0 atom stereocenters. The molecule has 0 amide bonds. The van der Waals surface area contributed by atoms with Gasteiger partial charge in [-0.1, -0.05) is 6.92 Å². The van der Waals surface area contributed by atoms with E-state index in [4.69, 9.17) is 0 Å². The van der Waals surface area contributed by atoms with Gasteiger partial charge in [0.25, 0.3) is 0 Å². The Morgan fingerprint density at radius 1 is 1.22 bits per heavy atom. The van der Waals surface area contributed by atoms with Gasteiger partial charge in [-0.25, -0.2) is 8.42 Å². The van der Waals surface area contributed by atoms with Crippen molar-refractivity contribution in [3.63, 3.8) is 0 Å². The molecule has 0 radical (unpaired) electrons. The highest BCUT2D eigenvalue weighted by Crippen LogP contribution is 2.22. The zero-order chi connectivity index (χ0) is 16.0. The van der Waals surface area contributed by atoms with Crippen molar-refractivity contribution in [3.8, 4) is 0 Å². The van der Waals surface area contributed by atoms with Gasteiger partial charge in [-0.05, 0) is 74.8 Å². The van der Waals surface area contributed by atoms with Crippen LogP contribution in [-0.4, -0.2) is 45.0 Å². The van der Waals surface area contributed by atoms with Crippen LogP contribution in [0, 0.1) is 5.92 Å². The second-order valence-electron chi connectivity index (χ2n) is 6.12. The molecule has 4 nitrogen and oxygen atoms in total. The Labute approximate surface area is 150 Å². The second-order valence-corrected chi connectivity index (χ2v) is 9.04. The summed E-state index contributed by atoms with van der Waals surface area (Å²) in [5, 5.41) is 0. The topological polar surface area (TPSA) is 49.4 Å². The van der Waals surface area contributed by atoms with E-state index in [0.29, 0.717) is 5.69 Å². The van der Waals surface area contributed by atoms with Gasteiger partial charge in [0.15, 0.2) is 0 Å². The first-order valence-electron chi connectivity index (χ1n) is 7.85. The van der Waals surface area contributed by atoms with Gasteiger partial charge in [0, 0.05) is 10.6 Å². The fourth-order valence-electron chi connectivity index (χ4n) is 2.60. The van der Waals surface area contributed by atoms with Crippen molar-refractivity contribution in [2.75, 3.05) is 36.4 Å². The zero-order valence-corrected chi connectivity index (χ0v) is 16.3. The van der Waals surface area contributed by atoms with Crippen LogP contribution in [0.4, 0.5) is 5.69 Å². The lowest BCUT2D eigenvalue weighted by Crippen LogP contribution is -2.33. The molecule has 1 fully saturated rings. The predicted octanol–water partition coefficient (Wildman–Crippen LogP) is 3.69. The van der Waals surface area contributed by atoms with Crippen molar-refractivity contribution in [1.29, 1.82) is 0 Å². The minimum absolute atomic E-state index is 0. The highest BCUT2D eigenvalue weighted by molar-refractivity contribution is 7.99. The standard InChI is InChI=1S/C16H26N2O2S2.ClH/c1-14-8-11-18(12-9-14)10-3-13-21-16-6-4-15(5-7-16)17-22(2,19)20;/h4-7,14,17H,3,8-13H2,1-2H3;1H. The maximum Gasteiger partial charge on any atom is 0.229 e. The highest BCUT2D eigenvalue weighted by Gasteiger charge is 2.14. The molecule has 23 heavy (non-hydrogen) atoms. The third kappa shape index (κ3) is 8.29. The minimum Gasteiger partial charge on any atom is -0.303 e. The summed E-state index contributed by atoms with van der Waals surface area (Å²) in [5.41, 5.74) is 0.620. The summed E-state index contributed by atoms with van der Waals surface area (Å²) in [4.78, 5) is 3.76. The van der Waals surface area contributed by atoms with Gasteiger partial charge in [0.05, 0.1) is 6.26 Å². The summed E-state index contributed by atoms with van der Waals surface area (Å²) >= 11 is 1.83. The van der Waals surface area contributed by atoms with E-state index in [2.05, 4.69) is 16.5 Å². The number of hydrogen-bond donors (Lipinski definition) is 1. The van der Waals surface area contributed by atoms with Gasteiger partial charge in [0.1, 0.15) is 0 Å². The van der Waals surface area contributed by atoms with Crippen LogP contribution in [0.5, 0.6) is 0 Å². The van der Waals surface area contributed by atoms with Crippen molar-refractivity contribution >= 4 is 39.9 Å². The summed E-state index contributed by atoms with van der Waals surface area (Å²) in [6.45, 7) is 6.03. The quantitative estimate of drug-likeness (QED) is 0.580. The molecule has 1 heterocycles. The zero-order valence-electron chi connectivity index (χ0n) is 13.8. The van der Waals surface area contributed by atoms with E-state index < -0.39 is 10.0 Å². The molecule has 1 N–H and O–H groups in total. The smallest absolute Gasteiger partial charge is 0.229 e. The number of anilines is 1. The molecule has 7 heteroatoms. The first kappa shape index (κ1) is 20.6. The number of piperidine rings is 1. The van der Waals surface area contributed by atoms with E-state index in [1.807, 2.05) is 36.0 Å². The lowest BCUT2D eigenvalue weighted by Gasteiger charge is -2.30. The number of nitrogens with one attached hydrogen (secondary N) is 1. The maximum atomic E-state index is 11.1. The predicted molar refractivity (Wildman–Crippen MR) is 102 cm³/mol. The first-order valence-corrected chi connectivity index (χ1v) is 10.7. The van der Waals surface area contributed by atoms with Gasteiger partial charge in [-0.15, -0.1) is 24.2 Å². The third-order valence-electron chi connectivity index (χ3n) is 3.92. The number of likely N-dealkylation sites (tertiary alicyclic amines) is 1. The molecule has 132 valence electrons.